The Kier molecular flexibility index (Phi) is 6.00. The highest BCUT2D eigenvalue weighted by Gasteiger charge is 2.16. The third-order valence-corrected chi connectivity index (χ3v) is 4.99. The topological polar surface area (TPSA) is 46.2 Å². The Morgan fingerprint density at radius 2 is 2.12 bits per heavy atom. The first-order valence-electron chi connectivity index (χ1n) is 4.48. The molecule has 0 aromatic heterocycles. The Labute approximate surface area is 122 Å². The van der Waals surface area contributed by atoms with Crippen LogP contribution in [0, 0.1) is 0 Å². The van der Waals surface area contributed by atoms with Crippen LogP contribution in [-0.4, -0.2) is 19.4 Å². The second kappa shape index (κ2) is 6.53. The molecular weight excluding hydrogens is 428 g/mol. The van der Waals surface area contributed by atoms with Crippen molar-refractivity contribution in [1.29, 1.82) is 0 Å². The van der Waals surface area contributed by atoms with Gasteiger partial charge in [0.2, 0.25) is 10.0 Å². The number of nitrogens with one attached hydrogen (secondary N) is 1. The van der Waals surface area contributed by atoms with Crippen molar-refractivity contribution in [3.8, 4) is 0 Å². The molecule has 0 fully saturated rings. The quantitative estimate of drug-likeness (QED) is 0.436. The third kappa shape index (κ3) is 4.14. The van der Waals surface area contributed by atoms with Gasteiger partial charge >= 0.3 is 0 Å². The maximum atomic E-state index is 11.8. The zero-order valence-electron chi connectivity index (χ0n) is 8.21. The van der Waals surface area contributed by atoms with Crippen LogP contribution in [0.4, 0.5) is 0 Å². The summed E-state index contributed by atoms with van der Waals surface area (Å²) in [5.41, 5.74) is 0. The maximum Gasteiger partial charge on any atom is 0.242 e. The highest BCUT2D eigenvalue weighted by atomic mass is 127. The summed E-state index contributed by atoms with van der Waals surface area (Å²) in [7, 11) is -3.49. The molecule has 0 saturated carbocycles. The van der Waals surface area contributed by atoms with Crippen molar-refractivity contribution in [2.45, 2.75) is 11.3 Å². The van der Waals surface area contributed by atoms with Gasteiger partial charge in [0.1, 0.15) is 4.90 Å². The minimum absolute atomic E-state index is 0.117. The molecule has 1 aromatic carbocycles. The molecule has 1 rings (SSSR count). The van der Waals surface area contributed by atoms with Gasteiger partial charge in [0.15, 0.2) is 0 Å². The SMILES string of the molecule is O=S(=O)(NCCCI)c1ccc(Br)cc1Cl. The van der Waals surface area contributed by atoms with Crippen LogP contribution in [0.1, 0.15) is 6.42 Å². The van der Waals surface area contributed by atoms with Gasteiger partial charge < -0.3 is 0 Å². The molecule has 0 atom stereocenters. The molecule has 0 aliphatic carbocycles. The fraction of sp³-hybridized carbons (Fsp3) is 0.333. The second-order valence-corrected chi connectivity index (χ2v) is 7.15. The largest absolute Gasteiger partial charge is 0.242 e. The highest BCUT2D eigenvalue weighted by molar-refractivity contribution is 14.1. The summed E-state index contributed by atoms with van der Waals surface area (Å²) in [5, 5.41) is 0.219. The normalized spacial score (nSPS) is 11.7. The van der Waals surface area contributed by atoms with Crippen LogP contribution in [0.15, 0.2) is 27.6 Å². The first-order chi connectivity index (χ1) is 7.47. The van der Waals surface area contributed by atoms with Gasteiger partial charge in [-0.25, -0.2) is 13.1 Å². The fourth-order valence-corrected chi connectivity index (χ4v) is 3.54. The van der Waals surface area contributed by atoms with Crippen LogP contribution in [0.5, 0.6) is 0 Å². The standard InChI is InChI=1S/C9H10BrClINO2S/c10-7-2-3-9(8(11)6-7)16(14,15)13-5-1-4-12/h2-3,6,13H,1,4-5H2. The lowest BCUT2D eigenvalue weighted by molar-refractivity contribution is 0.581. The number of hydrogen-bond donors (Lipinski definition) is 1. The molecule has 1 aromatic rings. The van der Waals surface area contributed by atoms with Crippen molar-refractivity contribution in [3.05, 3.63) is 27.7 Å². The second-order valence-electron chi connectivity index (χ2n) is 3.02. The molecule has 0 aliphatic rings. The molecule has 1 N–H and O–H groups in total. The van der Waals surface area contributed by atoms with E-state index in [1.807, 2.05) is 0 Å². The van der Waals surface area contributed by atoms with Crippen molar-refractivity contribution in [2.75, 3.05) is 11.0 Å². The van der Waals surface area contributed by atoms with Gasteiger partial charge in [-0.3, -0.25) is 0 Å². The molecule has 90 valence electrons. The molecule has 3 nitrogen and oxygen atoms in total. The summed E-state index contributed by atoms with van der Waals surface area (Å²) < 4.78 is 27.8. The summed E-state index contributed by atoms with van der Waals surface area (Å²) >= 11 is 11.3. The van der Waals surface area contributed by atoms with E-state index in [1.54, 1.807) is 12.1 Å². The Hall–Kier alpha value is 0.630. The van der Waals surface area contributed by atoms with Crippen LogP contribution >= 0.6 is 50.1 Å². The van der Waals surface area contributed by atoms with Gasteiger partial charge in [-0.1, -0.05) is 50.1 Å². The average Bonchev–Trinajstić information content (AvgIpc) is 2.17. The number of hydrogen-bond acceptors (Lipinski definition) is 2. The van der Waals surface area contributed by atoms with Crippen molar-refractivity contribution in [1.82, 2.24) is 4.72 Å². The lowest BCUT2D eigenvalue weighted by Crippen LogP contribution is -2.25. The zero-order valence-corrected chi connectivity index (χ0v) is 13.5. The molecule has 7 heteroatoms. The van der Waals surface area contributed by atoms with Gasteiger partial charge in [-0.05, 0) is 24.6 Å². The van der Waals surface area contributed by atoms with Crippen LogP contribution in [0.2, 0.25) is 5.02 Å². The van der Waals surface area contributed by atoms with Crippen LogP contribution < -0.4 is 4.72 Å². The number of alkyl halides is 1. The highest BCUT2D eigenvalue weighted by Crippen LogP contribution is 2.24. The van der Waals surface area contributed by atoms with Gasteiger partial charge in [0.25, 0.3) is 0 Å². The van der Waals surface area contributed by atoms with E-state index in [2.05, 4.69) is 43.2 Å². The Morgan fingerprint density at radius 3 is 2.69 bits per heavy atom. The fourth-order valence-electron chi connectivity index (χ4n) is 1.04. The molecule has 0 heterocycles. The van der Waals surface area contributed by atoms with Crippen LogP contribution in [0.3, 0.4) is 0 Å². The van der Waals surface area contributed by atoms with E-state index in [9.17, 15) is 8.42 Å². The van der Waals surface area contributed by atoms with E-state index in [4.69, 9.17) is 11.6 Å². The molecule has 0 bridgehead atoms. The number of benzene rings is 1. The van der Waals surface area contributed by atoms with E-state index in [0.717, 1.165) is 15.3 Å². The lowest BCUT2D eigenvalue weighted by atomic mass is 10.4. The van der Waals surface area contributed by atoms with E-state index in [-0.39, 0.29) is 9.92 Å². The maximum absolute atomic E-state index is 11.8. The number of rotatable bonds is 5. The zero-order chi connectivity index (χ0) is 12.2. The number of sulfonamides is 1. The molecule has 0 saturated heterocycles. The summed E-state index contributed by atoms with van der Waals surface area (Å²) in [5.74, 6) is 0. The van der Waals surface area contributed by atoms with E-state index < -0.39 is 10.0 Å². The Bertz CT molecular complexity index is 467. The minimum atomic E-state index is -3.49. The van der Waals surface area contributed by atoms with Crippen molar-refractivity contribution < 1.29 is 8.42 Å². The summed E-state index contributed by atoms with van der Waals surface area (Å²) in [6.45, 7) is 0.428. The van der Waals surface area contributed by atoms with Crippen molar-refractivity contribution in [2.24, 2.45) is 0 Å². The van der Waals surface area contributed by atoms with Crippen LogP contribution in [-0.2, 0) is 10.0 Å². The molecule has 0 radical (unpaired) electrons. The van der Waals surface area contributed by atoms with Gasteiger partial charge in [0, 0.05) is 15.4 Å². The smallest absolute Gasteiger partial charge is 0.211 e. The Morgan fingerprint density at radius 1 is 1.44 bits per heavy atom. The van der Waals surface area contributed by atoms with Gasteiger partial charge in [0.05, 0.1) is 5.02 Å². The van der Waals surface area contributed by atoms with Crippen LogP contribution in [0.25, 0.3) is 0 Å². The molecular formula is C9H10BrClINO2S. The summed E-state index contributed by atoms with van der Waals surface area (Å²) in [6, 6.07) is 4.70. The monoisotopic (exact) mass is 437 g/mol. The third-order valence-electron chi connectivity index (χ3n) is 1.79. The van der Waals surface area contributed by atoms with E-state index in [1.165, 1.54) is 6.07 Å². The first kappa shape index (κ1) is 14.7. The molecule has 0 amide bonds. The van der Waals surface area contributed by atoms with Crippen molar-refractivity contribution in [3.63, 3.8) is 0 Å². The predicted octanol–water partition coefficient (Wildman–Crippen LogP) is 3.21. The average molecular weight is 439 g/mol. The van der Waals surface area contributed by atoms with E-state index in [0.29, 0.717) is 6.54 Å². The summed E-state index contributed by atoms with van der Waals surface area (Å²) in [4.78, 5) is 0.117. The number of halogens is 3. The summed E-state index contributed by atoms with van der Waals surface area (Å²) in [6.07, 6.45) is 0.800. The molecule has 0 unspecified atom stereocenters. The predicted molar refractivity (Wildman–Crippen MR) is 77.8 cm³/mol. The van der Waals surface area contributed by atoms with Gasteiger partial charge in [-0.2, -0.15) is 0 Å². The first-order valence-corrected chi connectivity index (χ1v) is 8.66. The van der Waals surface area contributed by atoms with E-state index >= 15 is 0 Å². The molecule has 0 spiro atoms. The lowest BCUT2D eigenvalue weighted by Gasteiger charge is -2.07. The minimum Gasteiger partial charge on any atom is -0.211 e. The van der Waals surface area contributed by atoms with Gasteiger partial charge in [-0.15, -0.1) is 0 Å². The Balaban J connectivity index is 2.90. The molecule has 16 heavy (non-hydrogen) atoms. The van der Waals surface area contributed by atoms with Crippen molar-refractivity contribution >= 4 is 60.1 Å². The molecule has 0 aliphatic heterocycles.